The summed E-state index contributed by atoms with van der Waals surface area (Å²) in [6.45, 7) is 0.502. The fourth-order valence-corrected chi connectivity index (χ4v) is 2.98. The van der Waals surface area contributed by atoms with E-state index in [9.17, 15) is 0 Å². The lowest BCUT2D eigenvalue weighted by Crippen LogP contribution is -1.98. The lowest BCUT2D eigenvalue weighted by atomic mass is 10.1. The average molecular weight is 341 g/mol. The maximum Gasteiger partial charge on any atom is 0.162 e. The minimum Gasteiger partial charge on any atom is -0.493 e. The van der Waals surface area contributed by atoms with Crippen molar-refractivity contribution in [1.29, 1.82) is 0 Å². The molecule has 124 valence electrons. The molecule has 4 nitrogen and oxygen atoms in total. The fraction of sp³-hybridized carbons (Fsp3) is 0.211. The smallest absolute Gasteiger partial charge is 0.162 e. The second-order valence-corrected chi connectivity index (χ2v) is 6.05. The van der Waals surface area contributed by atoms with Crippen LogP contribution in [0.1, 0.15) is 5.56 Å². The Morgan fingerprint density at radius 1 is 0.958 bits per heavy atom. The van der Waals surface area contributed by atoms with E-state index >= 15 is 0 Å². The fourth-order valence-electron chi connectivity index (χ4n) is 2.50. The number of ether oxygens (including phenoxy) is 3. The molecule has 1 aromatic heterocycles. The van der Waals surface area contributed by atoms with Gasteiger partial charge in [-0.3, -0.25) is 4.98 Å². The van der Waals surface area contributed by atoms with E-state index in [-0.39, 0.29) is 0 Å². The van der Waals surface area contributed by atoms with E-state index in [4.69, 9.17) is 14.2 Å². The topological polar surface area (TPSA) is 40.6 Å². The number of fused-ring (bicyclic) bond motifs is 1. The largest absolute Gasteiger partial charge is 0.493 e. The van der Waals surface area contributed by atoms with Crippen molar-refractivity contribution < 1.29 is 14.2 Å². The van der Waals surface area contributed by atoms with Crippen LogP contribution in [0.15, 0.2) is 53.6 Å². The highest BCUT2D eigenvalue weighted by molar-refractivity contribution is 7.98. The van der Waals surface area contributed by atoms with Crippen molar-refractivity contribution in [1.82, 2.24) is 4.98 Å². The minimum atomic E-state index is 0.502. The Morgan fingerprint density at radius 2 is 1.75 bits per heavy atom. The normalized spacial score (nSPS) is 10.6. The molecule has 1 heterocycles. The third-order valence-electron chi connectivity index (χ3n) is 3.74. The Labute approximate surface area is 145 Å². The van der Waals surface area contributed by atoms with Gasteiger partial charge in [0.1, 0.15) is 12.4 Å². The van der Waals surface area contributed by atoms with Crippen molar-refractivity contribution in [3.8, 4) is 17.2 Å². The molecule has 2 aromatic carbocycles. The van der Waals surface area contributed by atoms with E-state index in [1.165, 1.54) is 4.90 Å². The Bertz CT molecular complexity index is 851. The molecule has 0 spiro atoms. The number of nitrogens with zero attached hydrogens (tertiary/aromatic N) is 1. The quantitative estimate of drug-likeness (QED) is 0.615. The number of rotatable bonds is 6. The average Bonchev–Trinajstić information content (AvgIpc) is 2.65. The van der Waals surface area contributed by atoms with Crippen LogP contribution in [0.5, 0.6) is 17.2 Å². The van der Waals surface area contributed by atoms with Crippen molar-refractivity contribution in [3.05, 3.63) is 54.2 Å². The van der Waals surface area contributed by atoms with Crippen LogP contribution in [0.25, 0.3) is 10.9 Å². The van der Waals surface area contributed by atoms with Crippen molar-refractivity contribution in [2.45, 2.75) is 11.5 Å². The number of methoxy groups -OCH3 is 2. The molecule has 0 saturated heterocycles. The first-order valence-corrected chi connectivity index (χ1v) is 8.74. The third-order valence-corrected chi connectivity index (χ3v) is 4.46. The van der Waals surface area contributed by atoms with E-state index in [0.717, 1.165) is 22.2 Å². The lowest BCUT2D eigenvalue weighted by Gasteiger charge is -2.12. The highest BCUT2D eigenvalue weighted by Crippen LogP contribution is 2.35. The van der Waals surface area contributed by atoms with Crippen LogP contribution in [0.4, 0.5) is 0 Å². The summed E-state index contributed by atoms with van der Waals surface area (Å²) in [4.78, 5) is 5.61. The monoisotopic (exact) mass is 341 g/mol. The molecule has 3 aromatic rings. The van der Waals surface area contributed by atoms with Gasteiger partial charge in [-0.2, -0.15) is 0 Å². The van der Waals surface area contributed by atoms with Crippen LogP contribution in [-0.2, 0) is 6.61 Å². The molecule has 0 aliphatic carbocycles. The van der Waals surface area contributed by atoms with Gasteiger partial charge in [-0.25, -0.2) is 0 Å². The number of thioether (sulfide) groups is 1. The van der Waals surface area contributed by atoms with Crippen molar-refractivity contribution in [2.75, 3.05) is 20.5 Å². The Kier molecular flexibility index (Phi) is 5.11. The summed E-state index contributed by atoms with van der Waals surface area (Å²) in [7, 11) is 3.23. The van der Waals surface area contributed by atoms with Gasteiger partial charge >= 0.3 is 0 Å². The molecule has 0 unspecified atom stereocenters. The summed E-state index contributed by atoms with van der Waals surface area (Å²) in [6, 6.07) is 14.0. The highest BCUT2D eigenvalue weighted by Gasteiger charge is 2.10. The van der Waals surface area contributed by atoms with Gasteiger partial charge in [0.2, 0.25) is 0 Å². The number of hydrogen-bond donors (Lipinski definition) is 0. The van der Waals surface area contributed by atoms with Crippen LogP contribution >= 0.6 is 11.8 Å². The third kappa shape index (κ3) is 3.41. The summed E-state index contributed by atoms with van der Waals surface area (Å²) in [6.07, 6.45) is 3.80. The molecule has 5 heteroatoms. The zero-order valence-electron chi connectivity index (χ0n) is 13.9. The van der Waals surface area contributed by atoms with Crippen molar-refractivity contribution in [2.24, 2.45) is 0 Å². The molecule has 0 radical (unpaired) electrons. The van der Waals surface area contributed by atoms with Crippen molar-refractivity contribution >= 4 is 22.7 Å². The van der Waals surface area contributed by atoms with Crippen LogP contribution in [-0.4, -0.2) is 25.5 Å². The summed E-state index contributed by atoms with van der Waals surface area (Å²) in [5.41, 5.74) is 1.94. The van der Waals surface area contributed by atoms with Gasteiger partial charge < -0.3 is 14.2 Å². The molecule has 3 rings (SSSR count). The van der Waals surface area contributed by atoms with Gasteiger partial charge in [-0.05, 0) is 36.1 Å². The first-order valence-electron chi connectivity index (χ1n) is 7.51. The minimum absolute atomic E-state index is 0.502. The van der Waals surface area contributed by atoms with E-state index < -0.39 is 0 Å². The van der Waals surface area contributed by atoms with E-state index in [1.54, 1.807) is 32.2 Å². The zero-order chi connectivity index (χ0) is 16.9. The summed E-state index contributed by atoms with van der Waals surface area (Å²) >= 11 is 1.72. The molecule has 0 saturated carbocycles. The molecule has 0 aliphatic heterocycles. The van der Waals surface area contributed by atoms with Gasteiger partial charge in [-0.1, -0.05) is 12.1 Å². The second-order valence-electron chi connectivity index (χ2n) is 5.17. The van der Waals surface area contributed by atoms with Gasteiger partial charge in [-0.15, -0.1) is 11.8 Å². The van der Waals surface area contributed by atoms with Crippen LogP contribution in [0, 0.1) is 0 Å². The van der Waals surface area contributed by atoms with Crippen LogP contribution in [0.2, 0.25) is 0 Å². The molecular weight excluding hydrogens is 322 g/mol. The first-order chi connectivity index (χ1) is 11.7. The van der Waals surface area contributed by atoms with Gasteiger partial charge in [0.05, 0.1) is 19.7 Å². The SMILES string of the molecule is COc1cc2nccc(OCc3cccc(SC)c3)c2cc1OC. The Hall–Kier alpha value is -2.40. The summed E-state index contributed by atoms with van der Waals surface area (Å²) < 4.78 is 16.7. The van der Waals surface area contributed by atoms with E-state index in [2.05, 4.69) is 29.4 Å². The molecule has 24 heavy (non-hydrogen) atoms. The molecule has 0 atom stereocenters. The highest BCUT2D eigenvalue weighted by atomic mass is 32.2. The Balaban J connectivity index is 1.91. The van der Waals surface area contributed by atoms with E-state index in [0.29, 0.717) is 18.1 Å². The molecule has 0 bridgehead atoms. The van der Waals surface area contributed by atoms with Gasteiger partial charge in [0.25, 0.3) is 0 Å². The van der Waals surface area contributed by atoms with Crippen LogP contribution < -0.4 is 14.2 Å². The standard InChI is InChI=1S/C19H19NO3S/c1-21-18-10-15-16(11-19(18)22-2)20-8-7-17(15)23-12-13-5-4-6-14(9-13)24-3/h4-11H,12H2,1-3H3. The molecule has 0 N–H and O–H groups in total. The second kappa shape index (κ2) is 7.45. The summed E-state index contributed by atoms with van der Waals surface area (Å²) in [5, 5.41) is 0.899. The van der Waals surface area contributed by atoms with Gasteiger partial charge in [0, 0.05) is 22.5 Å². The maximum absolute atomic E-state index is 6.03. The number of hydrogen-bond acceptors (Lipinski definition) is 5. The first kappa shape index (κ1) is 16.5. The summed E-state index contributed by atoms with van der Waals surface area (Å²) in [5.74, 6) is 2.09. The Morgan fingerprint density at radius 3 is 2.50 bits per heavy atom. The lowest BCUT2D eigenvalue weighted by molar-refractivity contribution is 0.309. The number of benzene rings is 2. The predicted octanol–water partition coefficient (Wildman–Crippen LogP) is 4.55. The van der Waals surface area contributed by atoms with Gasteiger partial charge in [0.15, 0.2) is 11.5 Å². The maximum atomic E-state index is 6.03. The zero-order valence-corrected chi connectivity index (χ0v) is 14.7. The van der Waals surface area contributed by atoms with Crippen molar-refractivity contribution in [3.63, 3.8) is 0 Å². The van der Waals surface area contributed by atoms with Crippen LogP contribution in [0.3, 0.4) is 0 Å². The number of pyridine rings is 1. The predicted molar refractivity (Wildman–Crippen MR) is 97.4 cm³/mol. The number of aromatic nitrogens is 1. The molecule has 0 fully saturated rings. The molecule has 0 amide bonds. The molecule has 0 aliphatic rings. The van der Waals surface area contributed by atoms with E-state index in [1.807, 2.05) is 24.3 Å². The molecular formula is C19H19NO3S.